The maximum Gasteiger partial charge on any atom is 0.292 e. The number of rotatable bonds is 4. The van der Waals surface area contributed by atoms with Crippen molar-refractivity contribution < 1.29 is 9.31 Å². The van der Waals surface area contributed by atoms with Gasteiger partial charge in [0, 0.05) is 18.7 Å². The van der Waals surface area contributed by atoms with Crippen LogP contribution in [0.4, 0.5) is 15.8 Å². The van der Waals surface area contributed by atoms with Gasteiger partial charge in [0.15, 0.2) is 0 Å². The monoisotopic (exact) mass is 253 g/mol. The summed E-state index contributed by atoms with van der Waals surface area (Å²) in [6.07, 6.45) is 2.20. The number of nitrogens with one attached hydrogen (secondary N) is 2. The number of nitro groups is 1. The maximum absolute atomic E-state index is 13.1. The SMILES string of the molecule is O=[N+]([O-])c1ccc(F)cc1NCC1CCCNC1. The molecule has 0 radical (unpaired) electrons. The molecule has 0 amide bonds. The predicted octanol–water partition coefficient (Wildman–Crippen LogP) is 2.15. The molecule has 1 aromatic carbocycles. The van der Waals surface area contributed by atoms with E-state index in [1.807, 2.05) is 0 Å². The van der Waals surface area contributed by atoms with Crippen molar-refractivity contribution in [1.29, 1.82) is 0 Å². The van der Waals surface area contributed by atoms with E-state index in [1.165, 1.54) is 12.1 Å². The molecular weight excluding hydrogens is 237 g/mol. The number of nitrogens with zero attached hydrogens (tertiary/aromatic N) is 1. The van der Waals surface area contributed by atoms with Crippen molar-refractivity contribution in [2.24, 2.45) is 5.92 Å². The Morgan fingerprint density at radius 3 is 3.06 bits per heavy atom. The van der Waals surface area contributed by atoms with E-state index < -0.39 is 10.7 Å². The van der Waals surface area contributed by atoms with Crippen LogP contribution in [0, 0.1) is 21.8 Å². The van der Waals surface area contributed by atoms with Crippen LogP contribution in [0.5, 0.6) is 0 Å². The Kier molecular flexibility index (Phi) is 4.09. The van der Waals surface area contributed by atoms with Crippen molar-refractivity contribution in [2.75, 3.05) is 25.0 Å². The Balaban J connectivity index is 2.03. The largest absolute Gasteiger partial charge is 0.379 e. The quantitative estimate of drug-likeness (QED) is 0.637. The molecule has 1 saturated heterocycles. The second-order valence-electron chi connectivity index (χ2n) is 4.51. The third-order valence-corrected chi connectivity index (χ3v) is 3.14. The van der Waals surface area contributed by atoms with Crippen molar-refractivity contribution in [2.45, 2.75) is 12.8 Å². The summed E-state index contributed by atoms with van der Waals surface area (Å²) < 4.78 is 13.1. The molecule has 0 spiro atoms. The summed E-state index contributed by atoms with van der Waals surface area (Å²) in [5.41, 5.74) is 0.172. The van der Waals surface area contributed by atoms with Gasteiger partial charge in [-0.1, -0.05) is 0 Å². The van der Waals surface area contributed by atoms with Gasteiger partial charge in [0.1, 0.15) is 11.5 Å². The molecule has 0 aromatic heterocycles. The first kappa shape index (κ1) is 12.8. The number of hydrogen-bond acceptors (Lipinski definition) is 4. The minimum Gasteiger partial charge on any atom is -0.379 e. The van der Waals surface area contributed by atoms with Crippen LogP contribution in [-0.4, -0.2) is 24.6 Å². The van der Waals surface area contributed by atoms with Crippen LogP contribution < -0.4 is 10.6 Å². The highest BCUT2D eigenvalue weighted by atomic mass is 19.1. The van der Waals surface area contributed by atoms with Crippen LogP contribution >= 0.6 is 0 Å². The lowest BCUT2D eigenvalue weighted by Gasteiger charge is -2.23. The summed E-state index contributed by atoms with van der Waals surface area (Å²) in [7, 11) is 0. The van der Waals surface area contributed by atoms with Gasteiger partial charge in [-0.05, 0) is 37.9 Å². The van der Waals surface area contributed by atoms with Crippen LogP contribution in [0.15, 0.2) is 18.2 Å². The summed E-state index contributed by atoms with van der Waals surface area (Å²) in [5, 5.41) is 17.1. The molecule has 0 aliphatic carbocycles. The molecule has 0 bridgehead atoms. The van der Waals surface area contributed by atoms with E-state index in [0.29, 0.717) is 12.5 Å². The standard InChI is InChI=1S/C12H16FN3O2/c13-10-3-4-12(16(17)18)11(6-10)15-8-9-2-1-5-14-7-9/h3-4,6,9,14-15H,1-2,5,7-8H2. The number of anilines is 1. The van der Waals surface area contributed by atoms with Crippen LogP contribution in [0.1, 0.15) is 12.8 Å². The summed E-state index contributed by atoms with van der Waals surface area (Å²) in [6.45, 7) is 2.55. The molecule has 5 nitrogen and oxygen atoms in total. The highest BCUT2D eigenvalue weighted by Crippen LogP contribution is 2.25. The normalized spacial score (nSPS) is 19.5. The molecule has 1 aliphatic heterocycles. The molecule has 1 aromatic rings. The third-order valence-electron chi connectivity index (χ3n) is 3.14. The molecule has 1 heterocycles. The highest BCUT2D eigenvalue weighted by Gasteiger charge is 2.17. The van der Waals surface area contributed by atoms with E-state index in [-0.39, 0.29) is 11.4 Å². The first-order valence-electron chi connectivity index (χ1n) is 6.05. The maximum atomic E-state index is 13.1. The van der Waals surface area contributed by atoms with E-state index >= 15 is 0 Å². The molecular formula is C12H16FN3O2. The van der Waals surface area contributed by atoms with Crippen molar-refractivity contribution in [3.8, 4) is 0 Å². The number of halogens is 1. The van der Waals surface area contributed by atoms with E-state index in [9.17, 15) is 14.5 Å². The van der Waals surface area contributed by atoms with Gasteiger partial charge in [-0.2, -0.15) is 0 Å². The van der Waals surface area contributed by atoms with Gasteiger partial charge in [0.05, 0.1) is 4.92 Å². The van der Waals surface area contributed by atoms with Crippen LogP contribution in [0.2, 0.25) is 0 Å². The zero-order valence-corrected chi connectivity index (χ0v) is 9.99. The fourth-order valence-electron chi connectivity index (χ4n) is 2.16. The van der Waals surface area contributed by atoms with Gasteiger partial charge in [-0.15, -0.1) is 0 Å². The molecule has 0 saturated carbocycles. The minimum absolute atomic E-state index is 0.0832. The van der Waals surface area contributed by atoms with Crippen molar-refractivity contribution in [1.82, 2.24) is 5.32 Å². The summed E-state index contributed by atoms with van der Waals surface area (Å²) >= 11 is 0. The van der Waals surface area contributed by atoms with E-state index in [0.717, 1.165) is 32.0 Å². The Hall–Kier alpha value is -1.69. The smallest absolute Gasteiger partial charge is 0.292 e. The average molecular weight is 253 g/mol. The van der Waals surface area contributed by atoms with E-state index in [2.05, 4.69) is 10.6 Å². The molecule has 2 rings (SSSR count). The van der Waals surface area contributed by atoms with E-state index in [4.69, 9.17) is 0 Å². The van der Waals surface area contributed by atoms with Crippen LogP contribution in [0.25, 0.3) is 0 Å². The van der Waals surface area contributed by atoms with E-state index in [1.54, 1.807) is 0 Å². The number of benzene rings is 1. The van der Waals surface area contributed by atoms with Gasteiger partial charge in [0.25, 0.3) is 5.69 Å². The Labute approximate surface area is 105 Å². The molecule has 2 N–H and O–H groups in total. The average Bonchev–Trinajstić information content (AvgIpc) is 2.37. The zero-order valence-electron chi connectivity index (χ0n) is 9.99. The molecule has 1 fully saturated rings. The Bertz CT molecular complexity index is 433. The zero-order chi connectivity index (χ0) is 13.0. The summed E-state index contributed by atoms with van der Waals surface area (Å²) in [6, 6.07) is 3.47. The lowest BCUT2D eigenvalue weighted by atomic mass is 9.99. The highest BCUT2D eigenvalue weighted by molar-refractivity contribution is 5.61. The predicted molar refractivity (Wildman–Crippen MR) is 67.1 cm³/mol. The molecule has 98 valence electrons. The molecule has 1 aliphatic rings. The Morgan fingerprint density at radius 1 is 1.56 bits per heavy atom. The molecule has 6 heteroatoms. The van der Waals surface area contributed by atoms with Crippen molar-refractivity contribution in [3.63, 3.8) is 0 Å². The lowest BCUT2D eigenvalue weighted by molar-refractivity contribution is -0.384. The summed E-state index contributed by atoms with van der Waals surface area (Å²) in [4.78, 5) is 10.3. The second-order valence-corrected chi connectivity index (χ2v) is 4.51. The van der Waals surface area contributed by atoms with Crippen LogP contribution in [-0.2, 0) is 0 Å². The fourth-order valence-corrected chi connectivity index (χ4v) is 2.16. The molecule has 18 heavy (non-hydrogen) atoms. The first-order chi connectivity index (χ1) is 8.66. The van der Waals surface area contributed by atoms with Crippen molar-refractivity contribution >= 4 is 11.4 Å². The fraction of sp³-hybridized carbons (Fsp3) is 0.500. The number of piperidine rings is 1. The summed E-state index contributed by atoms with van der Waals surface area (Å²) in [5.74, 6) is -0.0357. The van der Waals surface area contributed by atoms with Crippen molar-refractivity contribution in [3.05, 3.63) is 34.1 Å². The molecule has 1 unspecified atom stereocenters. The van der Waals surface area contributed by atoms with Crippen LogP contribution in [0.3, 0.4) is 0 Å². The van der Waals surface area contributed by atoms with Gasteiger partial charge < -0.3 is 10.6 Å². The topological polar surface area (TPSA) is 67.2 Å². The second kappa shape index (κ2) is 5.77. The molecule has 1 atom stereocenters. The number of nitro benzene ring substituents is 1. The van der Waals surface area contributed by atoms with Gasteiger partial charge >= 0.3 is 0 Å². The number of hydrogen-bond donors (Lipinski definition) is 2. The van der Waals surface area contributed by atoms with Gasteiger partial charge in [-0.3, -0.25) is 10.1 Å². The Morgan fingerprint density at radius 2 is 2.39 bits per heavy atom. The van der Waals surface area contributed by atoms with Gasteiger partial charge in [0.2, 0.25) is 0 Å². The third kappa shape index (κ3) is 3.16. The lowest BCUT2D eigenvalue weighted by Crippen LogP contribution is -2.33. The minimum atomic E-state index is -0.499. The van der Waals surface area contributed by atoms with Gasteiger partial charge in [-0.25, -0.2) is 4.39 Å². The first-order valence-corrected chi connectivity index (χ1v) is 6.05.